The highest BCUT2D eigenvalue weighted by Gasteiger charge is 2.49. The Labute approximate surface area is 252 Å². The Kier molecular flexibility index (Phi) is 10.6. The number of hydrogen-bond donors (Lipinski definition) is 3. The Bertz CT molecular complexity index is 1330. The minimum atomic E-state index is -1.35. The van der Waals surface area contributed by atoms with Crippen molar-refractivity contribution in [2.75, 3.05) is 18.8 Å². The number of halogens is 1. The fourth-order valence-electron chi connectivity index (χ4n) is 5.27. The van der Waals surface area contributed by atoms with Gasteiger partial charge in [0.15, 0.2) is 11.8 Å². The molecule has 4 rings (SSSR count). The van der Waals surface area contributed by atoms with Crippen LogP contribution in [0.3, 0.4) is 0 Å². The van der Waals surface area contributed by atoms with Crippen molar-refractivity contribution < 1.29 is 33.8 Å². The summed E-state index contributed by atoms with van der Waals surface area (Å²) < 4.78 is -1.04. The van der Waals surface area contributed by atoms with Gasteiger partial charge in [0.05, 0.1) is 18.2 Å². The molecule has 224 valence electrons. The fourth-order valence-corrected chi connectivity index (χ4v) is 6.52. The molecule has 2 aliphatic heterocycles. The van der Waals surface area contributed by atoms with E-state index in [1.165, 1.54) is 11.8 Å². The lowest BCUT2D eigenvalue weighted by molar-refractivity contribution is -0.988. The van der Waals surface area contributed by atoms with Crippen LogP contribution in [0.15, 0.2) is 54.6 Å². The smallest absolute Gasteiger partial charge is 0.305 e. The van der Waals surface area contributed by atoms with Crippen molar-refractivity contribution in [1.29, 1.82) is 0 Å². The van der Waals surface area contributed by atoms with Crippen LogP contribution in [0.2, 0.25) is 5.02 Å². The van der Waals surface area contributed by atoms with Crippen molar-refractivity contribution in [3.63, 3.8) is 0 Å². The van der Waals surface area contributed by atoms with E-state index < -0.39 is 58.8 Å². The molecular weight excluding hydrogens is 584 g/mol. The Morgan fingerprint density at radius 3 is 2.40 bits per heavy atom. The van der Waals surface area contributed by atoms with E-state index in [9.17, 15) is 34.3 Å². The van der Waals surface area contributed by atoms with E-state index in [0.717, 1.165) is 10.6 Å². The average molecular weight is 617 g/mol. The summed E-state index contributed by atoms with van der Waals surface area (Å²) in [5.74, 6) is -3.37. The predicted octanol–water partition coefficient (Wildman–Crippen LogP) is 2.91. The first kappa shape index (κ1) is 31.5. The molecule has 2 aromatic rings. The van der Waals surface area contributed by atoms with Gasteiger partial charge in [-0.3, -0.25) is 28.7 Å². The molecule has 0 saturated carbocycles. The zero-order valence-electron chi connectivity index (χ0n) is 22.9. The summed E-state index contributed by atoms with van der Waals surface area (Å²) >= 11 is 7.41. The monoisotopic (exact) mass is 616 g/mol. The molecular formula is C29H33ClN4O7S. The quantitative estimate of drug-likeness (QED) is 0.257. The number of nitrogens with zero attached hydrogens (tertiary/aromatic N) is 2. The molecule has 13 heteroatoms. The van der Waals surface area contributed by atoms with E-state index in [0.29, 0.717) is 29.2 Å². The van der Waals surface area contributed by atoms with Crippen molar-refractivity contribution in [2.24, 2.45) is 0 Å². The van der Waals surface area contributed by atoms with E-state index in [4.69, 9.17) is 11.6 Å². The van der Waals surface area contributed by atoms with Crippen molar-refractivity contribution in [3.05, 3.63) is 76.0 Å². The zero-order valence-corrected chi connectivity index (χ0v) is 24.4. The molecule has 0 bridgehead atoms. The number of fused-ring (bicyclic) bond motifs is 1. The number of amides is 3. The molecule has 3 N–H and O–H groups in total. The highest BCUT2D eigenvalue weighted by molar-refractivity contribution is 7.99. The Morgan fingerprint density at radius 2 is 1.71 bits per heavy atom. The molecule has 0 aromatic heterocycles. The maximum atomic E-state index is 13.8. The van der Waals surface area contributed by atoms with Gasteiger partial charge in [0.1, 0.15) is 19.1 Å². The Morgan fingerprint density at radius 1 is 1.05 bits per heavy atom. The number of aliphatic carboxylic acids is 1. The highest BCUT2D eigenvalue weighted by atomic mass is 35.5. The number of carbonyl (C=O) groups is 5. The topological polar surface area (TPSA) is 156 Å². The van der Waals surface area contributed by atoms with Gasteiger partial charge >= 0.3 is 5.97 Å². The molecule has 0 radical (unpaired) electrons. The number of carbonyl (C=O) groups excluding carboxylic acids is 4. The number of ketones is 1. The lowest BCUT2D eigenvalue weighted by Gasteiger charge is -2.53. The summed E-state index contributed by atoms with van der Waals surface area (Å²) in [4.78, 5) is 64.6. The molecule has 2 fully saturated rings. The van der Waals surface area contributed by atoms with Crippen molar-refractivity contribution in [3.8, 4) is 0 Å². The van der Waals surface area contributed by atoms with Crippen LogP contribution in [-0.4, -0.2) is 81.3 Å². The summed E-state index contributed by atoms with van der Waals surface area (Å²) in [5, 5.41) is 30.0. The first-order chi connectivity index (χ1) is 20.1. The van der Waals surface area contributed by atoms with Gasteiger partial charge in [-0.25, -0.2) is 0 Å². The summed E-state index contributed by atoms with van der Waals surface area (Å²) in [5.41, 5.74) is 1.17. The molecule has 0 spiro atoms. The van der Waals surface area contributed by atoms with Crippen LogP contribution in [-0.2, 0) is 24.9 Å². The number of carboxylic acids is 1. The van der Waals surface area contributed by atoms with Crippen LogP contribution in [0, 0.1) is 5.21 Å². The molecule has 2 heterocycles. The second-order valence-corrected chi connectivity index (χ2v) is 11.8. The van der Waals surface area contributed by atoms with Gasteiger partial charge in [-0.15, -0.1) is 11.8 Å². The van der Waals surface area contributed by atoms with Gasteiger partial charge in [-0.1, -0.05) is 48.0 Å². The van der Waals surface area contributed by atoms with Gasteiger partial charge < -0.3 is 20.9 Å². The molecule has 2 aliphatic rings. The molecule has 0 aliphatic carbocycles. The number of nitrogens with one attached hydrogen (secondary N) is 2. The third-order valence-corrected chi connectivity index (χ3v) is 8.76. The van der Waals surface area contributed by atoms with Gasteiger partial charge in [0.25, 0.3) is 11.8 Å². The summed E-state index contributed by atoms with van der Waals surface area (Å²) in [6.07, 6.45) is 0.451. The number of thioether (sulfide) groups is 1. The van der Waals surface area contributed by atoms with E-state index in [1.54, 1.807) is 42.5 Å². The summed E-state index contributed by atoms with van der Waals surface area (Å²) in [6.45, 7) is 0.133. The Balaban J connectivity index is 1.47. The predicted molar refractivity (Wildman–Crippen MR) is 157 cm³/mol. The van der Waals surface area contributed by atoms with Crippen LogP contribution in [0.4, 0.5) is 0 Å². The molecule has 11 nitrogen and oxygen atoms in total. The van der Waals surface area contributed by atoms with Crippen LogP contribution in [0.5, 0.6) is 0 Å². The minimum absolute atomic E-state index is 0.0450. The molecule has 4 unspecified atom stereocenters. The first-order valence-corrected chi connectivity index (χ1v) is 15.3. The molecule has 4 atom stereocenters. The summed E-state index contributed by atoms with van der Waals surface area (Å²) in [7, 11) is 0. The Hall–Kier alpha value is -3.45. The van der Waals surface area contributed by atoms with Crippen molar-refractivity contribution >= 4 is 52.8 Å². The molecule has 42 heavy (non-hydrogen) atoms. The van der Waals surface area contributed by atoms with Gasteiger partial charge in [0.2, 0.25) is 5.91 Å². The SMILES string of the molecule is O=C(O)CC(NC(=O)C1CCC[N+]2([O-])CCCC(NC(=O)c3ccccc3)C(=O)N12)C(=O)CSCc1ccccc1Cl. The largest absolute Gasteiger partial charge is 0.606 e. The highest BCUT2D eigenvalue weighted by Crippen LogP contribution is 2.30. The summed E-state index contributed by atoms with van der Waals surface area (Å²) in [6, 6.07) is 11.9. The van der Waals surface area contributed by atoms with Crippen LogP contribution in [0.25, 0.3) is 0 Å². The first-order valence-electron chi connectivity index (χ1n) is 13.7. The van der Waals surface area contributed by atoms with Gasteiger partial charge in [-0.05, 0) is 36.6 Å². The van der Waals surface area contributed by atoms with E-state index in [-0.39, 0.29) is 31.7 Å². The average Bonchev–Trinajstić information content (AvgIpc) is 3.09. The maximum Gasteiger partial charge on any atom is 0.305 e. The third-order valence-electron chi connectivity index (χ3n) is 7.38. The zero-order chi connectivity index (χ0) is 30.3. The van der Waals surface area contributed by atoms with E-state index in [1.807, 2.05) is 12.1 Å². The van der Waals surface area contributed by atoms with Crippen LogP contribution < -0.4 is 10.6 Å². The number of benzene rings is 2. The lowest BCUT2D eigenvalue weighted by Crippen LogP contribution is -2.70. The standard InChI is InChI=1S/C29H33ClN4O7S/c30-21-11-5-4-10-20(21)17-42-18-25(35)23(16-26(36)37)32-28(39)24-13-7-15-34(41)14-6-12-22(29(40)33(24)34)31-27(38)19-8-2-1-3-9-19/h1-5,8-11,22-24H,6-7,12-18H2,(H,31,38)(H,32,39)(H,36,37). The van der Waals surface area contributed by atoms with Gasteiger partial charge in [0, 0.05) is 29.2 Å². The second-order valence-electron chi connectivity index (χ2n) is 10.4. The van der Waals surface area contributed by atoms with E-state index in [2.05, 4.69) is 10.6 Å². The number of quaternary nitrogens is 1. The van der Waals surface area contributed by atoms with Crippen molar-refractivity contribution in [1.82, 2.24) is 15.6 Å². The minimum Gasteiger partial charge on any atom is -0.606 e. The number of carboxylic acid groups (broad SMARTS) is 1. The fraction of sp³-hybridized carbons (Fsp3) is 0.414. The number of hydroxylamine groups is 2. The number of Topliss-reactive ketones (excluding diaryl/α,β-unsaturated/α-hetero) is 1. The van der Waals surface area contributed by atoms with Gasteiger partial charge in [-0.2, -0.15) is 5.01 Å². The molecule has 2 saturated heterocycles. The normalized spacial score (nSPS) is 22.8. The lowest BCUT2D eigenvalue weighted by atomic mass is 10.0. The van der Waals surface area contributed by atoms with E-state index >= 15 is 0 Å². The third kappa shape index (κ3) is 7.68. The second kappa shape index (κ2) is 14.1. The van der Waals surface area contributed by atoms with Crippen LogP contribution in [0.1, 0.15) is 48.0 Å². The number of hydrogen-bond acceptors (Lipinski definition) is 7. The molecule has 2 aromatic carbocycles. The molecule has 3 amide bonds. The number of rotatable bonds is 11. The maximum absolute atomic E-state index is 13.8. The van der Waals surface area contributed by atoms with Crippen molar-refractivity contribution in [2.45, 2.75) is 56.0 Å². The van der Waals surface area contributed by atoms with Crippen LogP contribution >= 0.6 is 23.4 Å².